The van der Waals surface area contributed by atoms with Crippen LogP contribution in [0.1, 0.15) is 245 Å². The third-order valence-electron chi connectivity index (χ3n) is 14.6. The molecule has 1 amide bonds. The monoisotopic (exact) mass is 1010 g/mol. The Hall–Kier alpha value is -1.05. The van der Waals surface area contributed by atoms with Crippen LogP contribution in [0.25, 0.3) is 0 Å². The summed E-state index contributed by atoms with van der Waals surface area (Å²) in [6.07, 6.45) is 24.0. The topological polar surface area (TPSA) is 248 Å². The molecule has 0 aromatic carbocycles. The van der Waals surface area contributed by atoms with Crippen molar-refractivity contribution >= 4 is 5.91 Å². The van der Waals surface area contributed by atoms with Crippen molar-refractivity contribution in [1.82, 2.24) is 5.32 Å². The molecule has 2 heterocycles. The molecule has 0 bridgehead atoms. The van der Waals surface area contributed by atoms with Gasteiger partial charge in [-0.2, -0.15) is 0 Å². The molecular formula is C55H107NO14. The zero-order valence-electron chi connectivity index (χ0n) is 44.1. The highest BCUT2D eigenvalue weighted by Gasteiger charge is 2.46. The summed E-state index contributed by atoms with van der Waals surface area (Å²) < 4.78 is 22.3. The fourth-order valence-corrected chi connectivity index (χ4v) is 9.72. The second kappa shape index (κ2) is 42.2. The van der Waals surface area contributed by atoms with E-state index in [9.17, 15) is 50.8 Å². The highest BCUT2D eigenvalue weighted by atomic mass is 16.7. The minimum Gasteiger partial charge on any atom is -0.390 e. The molecule has 0 saturated carbocycles. The van der Waals surface area contributed by atoms with E-state index in [2.05, 4.69) is 19.2 Å². The van der Waals surface area contributed by atoms with Crippen LogP contribution in [0, 0.1) is 0 Å². The highest BCUT2D eigenvalue weighted by Crippen LogP contribution is 2.26. The number of ether oxygens (including phenoxy) is 4. The van der Waals surface area contributed by atoms with Crippen molar-refractivity contribution in [2.75, 3.05) is 19.8 Å². The Morgan fingerprint density at radius 2 is 0.871 bits per heavy atom. The van der Waals surface area contributed by atoms with Crippen LogP contribution < -0.4 is 5.32 Å². The van der Waals surface area contributed by atoms with Gasteiger partial charge >= 0.3 is 0 Å². The van der Waals surface area contributed by atoms with Gasteiger partial charge in [0.05, 0.1) is 32.0 Å². The average molecular weight is 1010 g/mol. The Morgan fingerprint density at radius 1 is 0.486 bits per heavy atom. The minimum atomic E-state index is -1.77. The van der Waals surface area contributed by atoms with Gasteiger partial charge in [0.1, 0.15) is 54.9 Å². The molecule has 0 aromatic rings. The van der Waals surface area contributed by atoms with Gasteiger partial charge in [-0.25, -0.2) is 0 Å². The number of nitrogens with one attached hydrogen (secondary N) is 1. The Balaban J connectivity index is 1.78. The smallest absolute Gasteiger partial charge is 0.249 e. The molecule has 2 fully saturated rings. The van der Waals surface area contributed by atoms with Crippen LogP contribution in [0.15, 0.2) is 0 Å². The minimum absolute atomic E-state index is 0.224. The van der Waals surface area contributed by atoms with Gasteiger partial charge in [0.15, 0.2) is 12.6 Å². The standard InChI is InChI=1S/C55H107NO14/c1-3-5-7-9-11-13-15-17-19-20-21-22-23-24-26-28-30-32-34-36-38-44(58)53(66)56-42(47(60)43(57)37-35-33-31-29-27-25-18-16-14-12-10-8-6-4-2)39-67-55-52(65)50(63)49(62)46(70-55)41-69-54-51(64)48(61)45(59)40-68-54/h42-52,54-55,57-65H,3-41H2,1-2H3,(H,56,66)/t42-,43+,44+,45+,46+,47-,48+,49+,50-,51-,52+,54-,55+/m0/s1. The number of carbonyl (C=O) groups excluding carboxylic acids is 1. The molecule has 2 rings (SSSR count). The van der Waals surface area contributed by atoms with Crippen molar-refractivity contribution in [2.45, 2.75) is 325 Å². The molecule has 0 unspecified atom stereocenters. The van der Waals surface area contributed by atoms with Crippen molar-refractivity contribution < 1.29 is 69.7 Å². The number of aliphatic hydroxyl groups excluding tert-OH is 9. The first-order chi connectivity index (χ1) is 33.9. The van der Waals surface area contributed by atoms with Gasteiger partial charge in [-0.05, 0) is 12.8 Å². The first-order valence-electron chi connectivity index (χ1n) is 28.9. The number of unbranched alkanes of at least 4 members (excludes halogenated alkanes) is 32. The molecule has 2 aliphatic rings. The average Bonchev–Trinajstić information content (AvgIpc) is 3.35. The van der Waals surface area contributed by atoms with E-state index in [0.29, 0.717) is 12.8 Å². The van der Waals surface area contributed by atoms with Crippen molar-refractivity contribution in [3.05, 3.63) is 0 Å². The number of hydrogen-bond donors (Lipinski definition) is 10. The summed E-state index contributed by atoms with van der Waals surface area (Å²) >= 11 is 0. The van der Waals surface area contributed by atoms with Crippen molar-refractivity contribution in [2.24, 2.45) is 0 Å². The van der Waals surface area contributed by atoms with E-state index in [1.54, 1.807) is 0 Å². The zero-order chi connectivity index (χ0) is 51.2. The number of rotatable bonds is 46. The molecule has 15 nitrogen and oxygen atoms in total. The molecule has 13 atom stereocenters. The zero-order valence-corrected chi connectivity index (χ0v) is 44.1. The number of aliphatic hydroxyl groups is 9. The molecule has 0 spiro atoms. The van der Waals surface area contributed by atoms with E-state index in [4.69, 9.17) is 18.9 Å². The molecule has 2 saturated heterocycles. The maximum absolute atomic E-state index is 13.3. The first kappa shape index (κ1) is 65.1. The summed E-state index contributed by atoms with van der Waals surface area (Å²) in [4.78, 5) is 13.3. The lowest BCUT2D eigenvalue weighted by molar-refractivity contribution is -0.322. The SMILES string of the molecule is CCCCCCCCCCCCCCCCCCCCCC[C@@H](O)C(=O)N[C@@H](CO[C@@H]1O[C@H](CO[C@@H]2OC[C@@H](O)[C@@H](O)[C@@H]2O)[C@@H](O)[C@H](O)[C@H]1O)[C@H](O)[C@H](O)CCCCCCCCCCCCCCCC. The largest absolute Gasteiger partial charge is 0.390 e. The Labute approximate surface area is 424 Å². The molecular weight excluding hydrogens is 899 g/mol. The van der Waals surface area contributed by atoms with Crippen LogP contribution in [0.4, 0.5) is 0 Å². The summed E-state index contributed by atoms with van der Waals surface area (Å²) in [5, 5.41) is 98.2. The van der Waals surface area contributed by atoms with Gasteiger partial charge in [-0.3, -0.25) is 4.79 Å². The van der Waals surface area contributed by atoms with Gasteiger partial charge < -0.3 is 70.2 Å². The predicted octanol–water partition coefficient (Wildman–Crippen LogP) is 7.92. The van der Waals surface area contributed by atoms with Crippen molar-refractivity contribution in [1.29, 1.82) is 0 Å². The van der Waals surface area contributed by atoms with Crippen LogP contribution in [0.2, 0.25) is 0 Å². The summed E-state index contributed by atoms with van der Waals surface area (Å²) in [6, 6.07) is -1.24. The lowest BCUT2D eigenvalue weighted by Gasteiger charge is -2.42. The Morgan fingerprint density at radius 3 is 1.30 bits per heavy atom. The quantitative estimate of drug-likeness (QED) is 0.0261. The van der Waals surface area contributed by atoms with Crippen LogP contribution in [0.3, 0.4) is 0 Å². The lowest BCUT2D eigenvalue weighted by Crippen LogP contribution is -2.61. The lowest BCUT2D eigenvalue weighted by atomic mass is 9.98. The second-order valence-electron chi connectivity index (χ2n) is 21.0. The Kier molecular flexibility index (Phi) is 39.2. The van der Waals surface area contributed by atoms with E-state index < -0.39 is 98.8 Å². The highest BCUT2D eigenvalue weighted by molar-refractivity contribution is 5.80. The number of carbonyl (C=O) groups is 1. The van der Waals surface area contributed by atoms with E-state index in [-0.39, 0.29) is 19.4 Å². The molecule has 0 aliphatic carbocycles. The third-order valence-corrected chi connectivity index (χ3v) is 14.6. The van der Waals surface area contributed by atoms with Gasteiger partial charge in [0, 0.05) is 0 Å². The van der Waals surface area contributed by atoms with E-state index in [0.717, 1.165) is 38.5 Å². The van der Waals surface area contributed by atoms with Gasteiger partial charge in [0.2, 0.25) is 5.91 Å². The van der Waals surface area contributed by atoms with Gasteiger partial charge in [0.25, 0.3) is 0 Å². The van der Waals surface area contributed by atoms with Crippen molar-refractivity contribution in [3.8, 4) is 0 Å². The molecule has 70 heavy (non-hydrogen) atoms. The molecule has 15 heteroatoms. The maximum atomic E-state index is 13.3. The summed E-state index contributed by atoms with van der Waals surface area (Å²) in [5.41, 5.74) is 0. The third kappa shape index (κ3) is 29.1. The Bertz CT molecular complexity index is 1210. The van der Waals surface area contributed by atoms with Gasteiger partial charge in [-0.15, -0.1) is 0 Å². The maximum Gasteiger partial charge on any atom is 0.249 e. The van der Waals surface area contributed by atoms with Crippen LogP contribution in [0.5, 0.6) is 0 Å². The first-order valence-corrected chi connectivity index (χ1v) is 28.9. The summed E-state index contributed by atoms with van der Waals surface area (Å²) in [7, 11) is 0. The second-order valence-corrected chi connectivity index (χ2v) is 21.0. The molecule has 416 valence electrons. The fraction of sp³-hybridized carbons (Fsp3) is 0.982. The van der Waals surface area contributed by atoms with E-state index >= 15 is 0 Å². The number of amides is 1. The normalized spacial score (nSPS) is 25.7. The van der Waals surface area contributed by atoms with Crippen LogP contribution in [-0.4, -0.2) is 151 Å². The van der Waals surface area contributed by atoms with Crippen LogP contribution >= 0.6 is 0 Å². The van der Waals surface area contributed by atoms with E-state index in [1.807, 2.05) is 0 Å². The van der Waals surface area contributed by atoms with Crippen LogP contribution in [-0.2, 0) is 23.7 Å². The molecule has 0 radical (unpaired) electrons. The molecule has 10 N–H and O–H groups in total. The number of hydrogen-bond acceptors (Lipinski definition) is 14. The van der Waals surface area contributed by atoms with Crippen molar-refractivity contribution in [3.63, 3.8) is 0 Å². The summed E-state index contributed by atoms with van der Waals surface area (Å²) in [5.74, 6) is -0.737. The van der Waals surface area contributed by atoms with Gasteiger partial charge in [-0.1, -0.05) is 232 Å². The fourth-order valence-electron chi connectivity index (χ4n) is 9.72. The van der Waals surface area contributed by atoms with E-state index in [1.165, 1.54) is 167 Å². The summed E-state index contributed by atoms with van der Waals surface area (Å²) in [6.45, 7) is 3.20. The predicted molar refractivity (Wildman–Crippen MR) is 274 cm³/mol. The molecule has 0 aromatic heterocycles. The molecule has 2 aliphatic heterocycles.